The first-order chi connectivity index (χ1) is 9.71. The zero-order valence-corrected chi connectivity index (χ0v) is 12.5. The topological polar surface area (TPSA) is 97.8 Å². The molecule has 0 aliphatic heterocycles. The molecular weight excluding hydrogens is 276 g/mol. The van der Waals surface area contributed by atoms with Crippen LogP contribution >= 0.6 is 0 Å². The van der Waals surface area contributed by atoms with Gasteiger partial charge in [-0.15, -0.1) is 0 Å². The molecule has 0 aromatic carbocycles. The zero-order chi connectivity index (χ0) is 16.0. The molecule has 0 fully saturated rings. The summed E-state index contributed by atoms with van der Waals surface area (Å²) in [6.07, 6.45) is 0.515. The van der Waals surface area contributed by atoms with Gasteiger partial charge in [-0.1, -0.05) is 6.07 Å². The number of pyridine rings is 1. The van der Waals surface area contributed by atoms with Gasteiger partial charge in [0, 0.05) is 12.3 Å². The highest BCUT2D eigenvalue weighted by atomic mass is 16.6. The molecule has 1 rings (SSSR count). The predicted octanol–water partition coefficient (Wildman–Crippen LogP) is 2.13. The molecular formula is C14H20N2O5. The van der Waals surface area contributed by atoms with Gasteiger partial charge in [0.1, 0.15) is 5.60 Å². The van der Waals surface area contributed by atoms with Gasteiger partial charge in [-0.05, 0) is 26.3 Å². The van der Waals surface area contributed by atoms with E-state index in [4.69, 9.17) is 14.6 Å². The highest BCUT2D eigenvalue weighted by Crippen LogP contribution is 2.19. The van der Waals surface area contributed by atoms with Crippen molar-refractivity contribution >= 4 is 12.1 Å². The Bertz CT molecular complexity index is 493. The predicted molar refractivity (Wildman–Crippen MR) is 75.2 cm³/mol. The van der Waals surface area contributed by atoms with Gasteiger partial charge in [-0.25, -0.2) is 9.78 Å². The van der Waals surface area contributed by atoms with Crippen molar-refractivity contribution in [3.8, 4) is 5.88 Å². The van der Waals surface area contributed by atoms with Gasteiger partial charge in [-0.2, -0.15) is 0 Å². The zero-order valence-electron chi connectivity index (χ0n) is 12.5. The summed E-state index contributed by atoms with van der Waals surface area (Å²) < 4.78 is 10.1. The van der Waals surface area contributed by atoms with Gasteiger partial charge in [0.25, 0.3) is 0 Å². The number of amides is 1. The summed E-state index contributed by atoms with van der Waals surface area (Å²) >= 11 is 0. The number of carboxylic acids is 1. The Morgan fingerprint density at radius 1 is 1.38 bits per heavy atom. The SMILES string of the molecule is COc1ccc([C@H](CC(=O)O)NC(=O)OC(C)(C)C)cn1. The lowest BCUT2D eigenvalue weighted by atomic mass is 10.1. The second-order valence-corrected chi connectivity index (χ2v) is 5.43. The molecule has 0 saturated heterocycles. The van der Waals surface area contributed by atoms with Gasteiger partial charge in [0.05, 0.1) is 19.6 Å². The van der Waals surface area contributed by atoms with Crippen LogP contribution in [0.1, 0.15) is 38.8 Å². The number of carbonyl (C=O) groups excluding carboxylic acids is 1. The molecule has 0 saturated carbocycles. The van der Waals surface area contributed by atoms with Crippen molar-refractivity contribution in [2.24, 2.45) is 0 Å². The Labute approximate surface area is 123 Å². The highest BCUT2D eigenvalue weighted by molar-refractivity contribution is 5.72. The number of carboxylic acid groups (broad SMARTS) is 1. The third-order valence-electron chi connectivity index (χ3n) is 2.44. The second-order valence-electron chi connectivity index (χ2n) is 5.43. The van der Waals surface area contributed by atoms with E-state index in [-0.39, 0.29) is 6.42 Å². The largest absolute Gasteiger partial charge is 0.481 e. The minimum Gasteiger partial charge on any atom is -0.481 e. The third-order valence-corrected chi connectivity index (χ3v) is 2.44. The van der Waals surface area contributed by atoms with Crippen molar-refractivity contribution in [1.29, 1.82) is 0 Å². The van der Waals surface area contributed by atoms with Crippen LogP contribution in [0.25, 0.3) is 0 Å². The summed E-state index contributed by atoms with van der Waals surface area (Å²) in [6, 6.07) is 2.52. The van der Waals surface area contributed by atoms with Gasteiger partial charge < -0.3 is 19.9 Å². The molecule has 21 heavy (non-hydrogen) atoms. The Morgan fingerprint density at radius 3 is 2.48 bits per heavy atom. The van der Waals surface area contributed by atoms with Crippen LogP contribution < -0.4 is 10.1 Å². The van der Waals surface area contributed by atoms with Crippen LogP contribution in [0, 0.1) is 0 Å². The molecule has 1 aromatic heterocycles. The van der Waals surface area contributed by atoms with E-state index in [0.717, 1.165) is 0 Å². The molecule has 116 valence electrons. The average molecular weight is 296 g/mol. The number of rotatable bonds is 5. The van der Waals surface area contributed by atoms with Crippen LogP contribution in [0.15, 0.2) is 18.3 Å². The lowest BCUT2D eigenvalue weighted by molar-refractivity contribution is -0.137. The van der Waals surface area contributed by atoms with E-state index in [2.05, 4.69) is 10.3 Å². The molecule has 7 heteroatoms. The van der Waals surface area contributed by atoms with Crippen LogP contribution in [0.3, 0.4) is 0 Å². The smallest absolute Gasteiger partial charge is 0.408 e. The van der Waals surface area contributed by atoms with Gasteiger partial charge in [0.15, 0.2) is 0 Å². The van der Waals surface area contributed by atoms with Crippen molar-refractivity contribution in [1.82, 2.24) is 10.3 Å². The van der Waals surface area contributed by atoms with Crippen molar-refractivity contribution < 1.29 is 24.2 Å². The molecule has 0 unspecified atom stereocenters. The third kappa shape index (κ3) is 6.11. The van der Waals surface area contributed by atoms with E-state index in [1.165, 1.54) is 13.3 Å². The minimum atomic E-state index is -1.04. The van der Waals surface area contributed by atoms with Crippen LogP contribution in [0.5, 0.6) is 5.88 Å². The molecule has 1 aromatic rings. The second kappa shape index (κ2) is 6.92. The number of hydrogen-bond acceptors (Lipinski definition) is 5. The average Bonchev–Trinajstić information content (AvgIpc) is 2.35. The maximum Gasteiger partial charge on any atom is 0.408 e. The maximum atomic E-state index is 11.8. The summed E-state index contributed by atoms with van der Waals surface area (Å²) in [5.41, 5.74) is -0.0974. The van der Waals surface area contributed by atoms with E-state index in [0.29, 0.717) is 11.4 Å². The number of nitrogens with zero attached hydrogens (tertiary/aromatic N) is 1. The number of ether oxygens (including phenoxy) is 2. The Hall–Kier alpha value is -2.31. The van der Waals surface area contributed by atoms with Crippen molar-refractivity contribution in [3.63, 3.8) is 0 Å². The van der Waals surface area contributed by atoms with Gasteiger partial charge in [0.2, 0.25) is 5.88 Å². The molecule has 1 heterocycles. The fourth-order valence-corrected chi connectivity index (χ4v) is 1.60. The molecule has 1 amide bonds. The molecule has 0 aliphatic carbocycles. The first kappa shape index (κ1) is 16.7. The van der Waals surface area contributed by atoms with E-state index in [1.807, 2.05) is 0 Å². The number of methoxy groups -OCH3 is 1. The minimum absolute atomic E-state index is 0.271. The number of aliphatic carboxylic acids is 1. The standard InChI is InChI=1S/C14H20N2O5/c1-14(2,3)21-13(19)16-10(7-12(17)18)9-5-6-11(20-4)15-8-9/h5-6,8,10H,7H2,1-4H3,(H,16,19)(H,17,18)/t10-/m0/s1. The number of carbonyl (C=O) groups is 2. The fraction of sp³-hybridized carbons (Fsp3) is 0.500. The van der Waals surface area contributed by atoms with E-state index in [9.17, 15) is 9.59 Å². The van der Waals surface area contributed by atoms with Crippen molar-refractivity contribution in [2.75, 3.05) is 7.11 Å². The summed E-state index contributed by atoms with van der Waals surface area (Å²) in [4.78, 5) is 26.7. The lowest BCUT2D eigenvalue weighted by Gasteiger charge is -2.23. The first-order valence-corrected chi connectivity index (χ1v) is 6.42. The van der Waals surface area contributed by atoms with E-state index >= 15 is 0 Å². The fourth-order valence-electron chi connectivity index (χ4n) is 1.60. The van der Waals surface area contributed by atoms with E-state index < -0.39 is 23.7 Å². The molecule has 0 radical (unpaired) electrons. The first-order valence-electron chi connectivity index (χ1n) is 6.42. The Balaban J connectivity index is 2.84. The van der Waals surface area contributed by atoms with Gasteiger partial charge >= 0.3 is 12.1 Å². The lowest BCUT2D eigenvalue weighted by Crippen LogP contribution is -2.35. The van der Waals surface area contributed by atoms with Crippen molar-refractivity contribution in [3.05, 3.63) is 23.9 Å². The quantitative estimate of drug-likeness (QED) is 0.863. The monoisotopic (exact) mass is 296 g/mol. The number of nitrogens with one attached hydrogen (secondary N) is 1. The maximum absolute atomic E-state index is 11.8. The molecule has 0 aliphatic rings. The normalized spacial score (nSPS) is 12.4. The molecule has 0 spiro atoms. The molecule has 2 N–H and O–H groups in total. The Kier molecular flexibility index (Phi) is 5.52. The summed E-state index contributed by atoms with van der Waals surface area (Å²) in [7, 11) is 1.48. The van der Waals surface area contributed by atoms with Crippen LogP contribution in [0.2, 0.25) is 0 Å². The molecule has 7 nitrogen and oxygen atoms in total. The number of hydrogen-bond donors (Lipinski definition) is 2. The number of alkyl carbamates (subject to hydrolysis) is 1. The van der Waals surface area contributed by atoms with Crippen LogP contribution in [-0.2, 0) is 9.53 Å². The summed E-state index contributed by atoms with van der Waals surface area (Å²) in [5, 5.41) is 11.5. The van der Waals surface area contributed by atoms with E-state index in [1.54, 1.807) is 32.9 Å². The summed E-state index contributed by atoms with van der Waals surface area (Å²) in [5.74, 6) is -0.628. The van der Waals surface area contributed by atoms with Crippen LogP contribution in [0.4, 0.5) is 4.79 Å². The molecule has 0 bridgehead atoms. The van der Waals surface area contributed by atoms with Crippen molar-refractivity contribution in [2.45, 2.75) is 38.8 Å². The van der Waals surface area contributed by atoms with Crippen LogP contribution in [-0.4, -0.2) is 34.9 Å². The summed E-state index contributed by atoms with van der Waals surface area (Å²) in [6.45, 7) is 5.19. The molecule has 1 atom stereocenters. The highest BCUT2D eigenvalue weighted by Gasteiger charge is 2.22. The Morgan fingerprint density at radius 2 is 2.05 bits per heavy atom. The van der Waals surface area contributed by atoms with Gasteiger partial charge in [-0.3, -0.25) is 4.79 Å². The number of aromatic nitrogens is 1.